The van der Waals surface area contributed by atoms with E-state index in [9.17, 15) is 5.11 Å². The minimum atomic E-state index is -0.438. The summed E-state index contributed by atoms with van der Waals surface area (Å²) in [5, 5.41) is 17.8. The molecule has 1 rings (SSSR count). The van der Waals surface area contributed by atoms with Crippen LogP contribution in [0.2, 0.25) is 0 Å². The number of allylic oxidation sites excluding steroid dienone is 1. The average molecular weight is 180 g/mol. The lowest BCUT2D eigenvalue weighted by Crippen LogP contribution is -1.94. The van der Waals surface area contributed by atoms with Crippen LogP contribution in [0, 0.1) is 0 Å². The van der Waals surface area contributed by atoms with Gasteiger partial charge >= 0.3 is 0 Å². The summed E-state index contributed by atoms with van der Waals surface area (Å²) in [7, 11) is 0. The summed E-state index contributed by atoms with van der Waals surface area (Å²) < 4.78 is 4.80. The predicted molar refractivity (Wildman–Crippen MR) is 50.5 cm³/mol. The van der Waals surface area contributed by atoms with Crippen LogP contribution in [-0.2, 0) is 0 Å². The molecule has 0 heterocycles. The van der Waals surface area contributed by atoms with Crippen molar-refractivity contribution in [2.45, 2.75) is 6.92 Å². The van der Waals surface area contributed by atoms with Gasteiger partial charge in [0.15, 0.2) is 18.3 Å². The standard InChI is InChI=1S/C10H12O3/c1-2-3-8-4-5-9(12)10(6-8)13-7-11/h2-6,11-12H,7H2,1H3. The number of benzene rings is 1. The van der Waals surface area contributed by atoms with Gasteiger partial charge in [-0.1, -0.05) is 18.2 Å². The molecular weight excluding hydrogens is 168 g/mol. The van der Waals surface area contributed by atoms with Crippen molar-refractivity contribution in [3.8, 4) is 11.5 Å². The van der Waals surface area contributed by atoms with E-state index in [1.54, 1.807) is 12.1 Å². The monoisotopic (exact) mass is 180 g/mol. The molecule has 0 bridgehead atoms. The van der Waals surface area contributed by atoms with Crippen molar-refractivity contribution in [2.24, 2.45) is 0 Å². The van der Waals surface area contributed by atoms with Crippen molar-refractivity contribution in [3.63, 3.8) is 0 Å². The number of phenolic OH excluding ortho intramolecular Hbond substituents is 1. The summed E-state index contributed by atoms with van der Waals surface area (Å²) in [6.07, 6.45) is 3.76. The first kappa shape index (κ1) is 9.61. The van der Waals surface area contributed by atoms with Crippen molar-refractivity contribution < 1.29 is 14.9 Å². The van der Waals surface area contributed by atoms with Crippen molar-refractivity contribution in [2.75, 3.05) is 6.79 Å². The molecule has 0 aliphatic rings. The largest absolute Gasteiger partial charge is 0.504 e. The van der Waals surface area contributed by atoms with Crippen LogP contribution in [0.3, 0.4) is 0 Å². The van der Waals surface area contributed by atoms with Crippen LogP contribution in [-0.4, -0.2) is 17.0 Å². The zero-order valence-corrected chi connectivity index (χ0v) is 7.40. The topological polar surface area (TPSA) is 49.7 Å². The maximum atomic E-state index is 9.27. The first-order chi connectivity index (χ1) is 6.27. The molecule has 1 aromatic rings. The van der Waals surface area contributed by atoms with Crippen LogP contribution < -0.4 is 4.74 Å². The smallest absolute Gasteiger partial charge is 0.186 e. The van der Waals surface area contributed by atoms with Crippen LogP contribution in [0.25, 0.3) is 6.08 Å². The van der Waals surface area contributed by atoms with Gasteiger partial charge in [0, 0.05) is 0 Å². The van der Waals surface area contributed by atoms with Crippen LogP contribution in [0.15, 0.2) is 24.3 Å². The quantitative estimate of drug-likeness (QED) is 0.697. The van der Waals surface area contributed by atoms with E-state index in [2.05, 4.69) is 0 Å². The van der Waals surface area contributed by atoms with E-state index >= 15 is 0 Å². The van der Waals surface area contributed by atoms with Crippen LogP contribution in [0.1, 0.15) is 12.5 Å². The van der Waals surface area contributed by atoms with Gasteiger partial charge in [0.2, 0.25) is 0 Å². The summed E-state index contributed by atoms with van der Waals surface area (Å²) in [4.78, 5) is 0. The maximum absolute atomic E-state index is 9.27. The fourth-order valence-corrected chi connectivity index (χ4v) is 1.01. The third-order valence-electron chi connectivity index (χ3n) is 1.56. The van der Waals surface area contributed by atoms with Gasteiger partial charge in [-0.2, -0.15) is 0 Å². The Morgan fingerprint density at radius 1 is 1.46 bits per heavy atom. The summed E-state index contributed by atoms with van der Waals surface area (Å²) in [6, 6.07) is 4.95. The fraction of sp³-hybridized carbons (Fsp3) is 0.200. The molecule has 13 heavy (non-hydrogen) atoms. The van der Waals surface area contributed by atoms with E-state index < -0.39 is 6.79 Å². The lowest BCUT2D eigenvalue weighted by molar-refractivity contribution is 0.0955. The Labute approximate surface area is 76.9 Å². The summed E-state index contributed by atoms with van der Waals surface area (Å²) in [5.41, 5.74) is 0.920. The highest BCUT2D eigenvalue weighted by Gasteiger charge is 2.01. The molecule has 0 fully saturated rings. The highest BCUT2D eigenvalue weighted by Crippen LogP contribution is 2.26. The van der Waals surface area contributed by atoms with Gasteiger partial charge in [-0.25, -0.2) is 0 Å². The molecule has 0 saturated heterocycles. The van der Waals surface area contributed by atoms with E-state index in [1.165, 1.54) is 6.07 Å². The third kappa shape index (κ3) is 2.49. The molecule has 0 saturated carbocycles. The van der Waals surface area contributed by atoms with Gasteiger partial charge in [0.1, 0.15) is 0 Å². The second kappa shape index (κ2) is 4.52. The van der Waals surface area contributed by atoms with Crippen molar-refractivity contribution in [3.05, 3.63) is 29.8 Å². The van der Waals surface area contributed by atoms with Gasteiger partial charge in [-0.05, 0) is 24.6 Å². The van der Waals surface area contributed by atoms with Gasteiger partial charge in [0.25, 0.3) is 0 Å². The average Bonchev–Trinajstić information content (AvgIpc) is 2.12. The second-order valence-electron chi connectivity index (χ2n) is 2.50. The molecule has 0 aliphatic heterocycles. The Kier molecular flexibility index (Phi) is 3.34. The zero-order chi connectivity index (χ0) is 9.68. The van der Waals surface area contributed by atoms with Gasteiger partial charge in [-0.3, -0.25) is 0 Å². The first-order valence-corrected chi connectivity index (χ1v) is 3.97. The minimum Gasteiger partial charge on any atom is -0.504 e. The van der Waals surface area contributed by atoms with E-state index in [0.717, 1.165) is 5.56 Å². The molecule has 0 aromatic heterocycles. The normalized spacial score (nSPS) is 10.6. The summed E-state index contributed by atoms with van der Waals surface area (Å²) >= 11 is 0. The molecule has 3 heteroatoms. The molecular formula is C10H12O3. The van der Waals surface area contributed by atoms with Crippen LogP contribution in [0.5, 0.6) is 11.5 Å². The highest BCUT2D eigenvalue weighted by atomic mass is 16.6. The van der Waals surface area contributed by atoms with Gasteiger partial charge in [0.05, 0.1) is 0 Å². The summed E-state index contributed by atoms with van der Waals surface area (Å²) in [5.74, 6) is 0.320. The SMILES string of the molecule is CC=Cc1ccc(O)c(OCO)c1. The van der Waals surface area contributed by atoms with Crippen molar-refractivity contribution in [1.29, 1.82) is 0 Å². The lowest BCUT2D eigenvalue weighted by Gasteiger charge is -2.05. The second-order valence-corrected chi connectivity index (χ2v) is 2.50. The van der Waals surface area contributed by atoms with E-state index in [4.69, 9.17) is 9.84 Å². The number of aliphatic hydroxyl groups excluding tert-OH is 1. The Morgan fingerprint density at radius 3 is 2.85 bits per heavy atom. The summed E-state index contributed by atoms with van der Waals surface area (Å²) in [6.45, 7) is 1.46. The number of hydrogen-bond acceptors (Lipinski definition) is 3. The number of ether oxygens (including phenoxy) is 1. The van der Waals surface area contributed by atoms with Gasteiger partial charge in [-0.15, -0.1) is 0 Å². The number of aliphatic hydroxyl groups is 1. The van der Waals surface area contributed by atoms with Crippen molar-refractivity contribution in [1.82, 2.24) is 0 Å². The highest BCUT2D eigenvalue weighted by molar-refractivity contribution is 5.55. The molecule has 0 atom stereocenters. The Morgan fingerprint density at radius 2 is 2.23 bits per heavy atom. The molecule has 0 aliphatic carbocycles. The molecule has 0 radical (unpaired) electrons. The molecule has 0 unspecified atom stereocenters. The fourth-order valence-electron chi connectivity index (χ4n) is 1.01. The molecule has 1 aromatic carbocycles. The van der Waals surface area contributed by atoms with E-state index in [0.29, 0.717) is 0 Å². The Bertz CT molecular complexity index is 305. The minimum absolute atomic E-state index is 0.0299. The predicted octanol–water partition coefficient (Wildman–Crippen LogP) is 1.75. The molecule has 3 nitrogen and oxygen atoms in total. The number of phenols is 1. The molecule has 70 valence electrons. The molecule has 2 N–H and O–H groups in total. The number of aromatic hydroxyl groups is 1. The van der Waals surface area contributed by atoms with Gasteiger partial charge < -0.3 is 14.9 Å². The Balaban J connectivity index is 2.96. The van der Waals surface area contributed by atoms with Crippen LogP contribution in [0.4, 0.5) is 0 Å². The lowest BCUT2D eigenvalue weighted by atomic mass is 10.2. The Hall–Kier alpha value is -1.48. The molecule has 0 spiro atoms. The van der Waals surface area contributed by atoms with Crippen LogP contribution >= 0.6 is 0 Å². The van der Waals surface area contributed by atoms with E-state index in [1.807, 2.05) is 19.1 Å². The third-order valence-corrected chi connectivity index (χ3v) is 1.56. The number of rotatable bonds is 3. The van der Waals surface area contributed by atoms with E-state index in [-0.39, 0.29) is 11.5 Å². The van der Waals surface area contributed by atoms with Crippen molar-refractivity contribution >= 4 is 6.08 Å². The molecule has 0 amide bonds. The first-order valence-electron chi connectivity index (χ1n) is 3.97. The zero-order valence-electron chi connectivity index (χ0n) is 7.40. The number of hydrogen-bond donors (Lipinski definition) is 2. The maximum Gasteiger partial charge on any atom is 0.186 e.